The van der Waals surface area contributed by atoms with Crippen LogP contribution in [0.15, 0.2) is 18.2 Å². The van der Waals surface area contributed by atoms with Crippen molar-refractivity contribution in [1.82, 2.24) is 5.32 Å². The summed E-state index contributed by atoms with van der Waals surface area (Å²) in [4.78, 5) is 0. The zero-order chi connectivity index (χ0) is 13.0. The molecule has 0 spiro atoms. The van der Waals surface area contributed by atoms with Gasteiger partial charge in [0.25, 0.3) is 0 Å². The molecule has 0 amide bonds. The third kappa shape index (κ3) is 3.04. The standard InChI is InChI=1S/C13H17F2NO2/c1-17-13(4-5-18-9-13)8-16-7-10-2-3-11(14)6-12(10)15/h2-3,6,16H,4-5,7-9H2,1H3. The third-order valence-corrected chi connectivity index (χ3v) is 3.28. The molecule has 1 atom stereocenters. The molecule has 5 heteroatoms. The zero-order valence-electron chi connectivity index (χ0n) is 10.3. The van der Waals surface area contributed by atoms with Crippen LogP contribution in [0.5, 0.6) is 0 Å². The van der Waals surface area contributed by atoms with Crippen molar-refractivity contribution in [2.75, 3.05) is 26.9 Å². The predicted octanol–water partition coefficient (Wildman–Crippen LogP) is 1.86. The Hall–Kier alpha value is -1.04. The minimum Gasteiger partial charge on any atom is -0.378 e. The predicted molar refractivity (Wildman–Crippen MR) is 63.2 cm³/mol. The van der Waals surface area contributed by atoms with Crippen molar-refractivity contribution in [3.8, 4) is 0 Å². The van der Waals surface area contributed by atoms with Gasteiger partial charge in [0.1, 0.15) is 17.2 Å². The van der Waals surface area contributed by atoms with E-state index in [2.05, 4.69) is 5.32 Å². The van der Waals surface area contributed by atoms with Gasteiger partial charge in [-0.05, 0) is 6.07 Å². The van der Waals surface area contributed by atoms with Crippen LogP contribution in [0, 0.1) is 11.6 Å². The quantitative estimate of drug-likeness (QED) is 0.873. The highest BCUT2D eigenvalue weighted by Gasteiger charge is 2.34. The second-order valence-corrected chi connectivity index (χ2v) is 4.53. The summed E-state index contributed by atoms with van der Waals surface area (Å²) in [6.45, 7) is 2.15. The van der Waals surface area contributed by atoms with E-state index in [-0.39, 0.29) is 5.60 Å². The van der Waals surface area contributed by atoms with Crippen LogP contribution in [0.4, 0.5) is 8.78 Å². The summed E-state index contributed by atoms with van der Waals surface area (Å²) in [7, 11) is 1.65. The first-order valence-electron chi connectivity index (χ1n) is 5.93. The third-order valence-electron chi connectivity index (χ3n) is 3.28. The number of hydrogen-bond donors (Lipinski definition) is 1. The van der Waals surface area contributed by atoms with Crippen LogP contribution in [-0.2, 0) is 16.0 Å². The molecular weight excluding hydrogens is 240 g/mol. The van der Waals surface area contributed by atoms with Gasteiger partial charge >= 0.3 is 0 Å². The molecule has 100 valence electrons. The van der Waals surface area contributed by atoms with Gasteiger partial charge in [0, 0.05) is 44.9 Å². The summed E-state index contributed by atoms with van der Waals surface area (Å²) in [6.07, 6.45) is 0.822. The van der Waals surface area contributed by atoms with E-state index in [4.69, 9.17) is 9.47 Å². The van der Waals surface area contributed by atoms with E-state index in [9.17, 15) is 8.78 Å². The Kier molecular flexibility index (Phi) is 4.27. The smallest absolute Gasteiger partial charge is 0.130 e. The fourth-order valence-corrected chi connectivity index (χ4v) is 2.05. The van der Waals surface area contributed by atoms with Gasteiger partial charge in [0.15, 0.2) is 0 Å². The minimum atomic E-state index is -0.561. The van der Waals surface area contributed by atoms with Gasteiger partial charge in [0.05, 0.1) is 6.61 Å². The lowest BCUT2D eigenvalue weighted by Crippen LogP contribution is -2.42. The van der Waals surface area contributed by atoms with Crippen molar-refractivity contribution >= 4 is 0 Å². The fraction of sp³-hybridized carbons (Fsp3) is 0.538. The summed E-state index contributed by atoms with van der Waals surface area (Å²) in [6, 6.07) is 3.59. The highest BCUT2D eigenvalue weighted by Crippen LogP contribution is 2.21. The lowest BCUT2D eigenvalue weighted by Gasteiger charge is -2.26. The molecule has 1 fully saturated rings. The van der Waals surface area contributed by atoms with E-state index in [1.165, 1.54) is 12.1 Å². The number of nitrogens with one attached hydrogen (secondary N) is 1. The first-order chi connectivity index (χ1) is 8.65. The van der Waals surface area contributed by atoms with Crippen LogP contribution in [0.25, 0.3) is 0 Å². The molecule has 1 aromatic rings. The van der Waals surface area contributed by atoms with Crippen molar-refractivity contribution in [3.63, 3.8) is 0 Å². The maximum absolute atomic E-state index is 13.4. The maximum atomic E-state index is 13.4. The fourth-order valence-electron chi connectivity index (χ4n) is 2.05. The molecule has 1 saturated heterocycles. The molecule has 0 aliphatic carbocycles. The summed E-state index contributed by atoms with van der Waals surface area (Å²) in [5.41, 5.74) is 0.123. The van der Waals surface area contributed by atoms with E-state index >= 15 is 0 Å². The van der Waals surface area contributed by atoms with Crippen LogP contribution in [0.1, 0.15) is 12.0 Å². The van der Waals surface area contributed by atoms with E-state index in [0.29, 0.717) is 31.9 Å². The molecule has 2 rings (SSSR count). The van der Waals surface area contributed by atoms with Gasteiger partial charge in [0.2, 0.25) is 0 Å². The molecule has 1 aromatic carbocycles. The zero-order valence-corrected chi connectivity index (χ0v) is 10.3. The number of rotatable bonds is 5. The number of hydrogen-bond acceptors (Lipinski definition) is 3. The molecular formula is C13H17F2NO2. The lowest BCUT2D eigenvalue weighted by atomic mass is 10.0. The van der Waals surface area contributed by atoms with E-state index in [0.717, 1.165) is 12.5 Å². The molecule has 0 bridgehead atoms. The van der Waals surface area contributed by atoms with Gasteiger partial charge in [-0.3, -0.25) is 0 Å². The highest BCUT2D eigenvalue weighted by molar-refractivity contribution is 5.18. The first kappa shape index (κ1) is 13.4. The molecule has 1 N–H and O–H groups in total. The minimum absolute atomic E-state index is 0.323. The van der Waals surface area contributed by atoms with Crippen molar-refractivity contribution in [2.45, 2.75) is 18.6 Å². The van der Waals surface area contributed by atoms with Crippen molar-refractivity contribution in [2.24, 2.45) is 0 Å². The molecule has 1 heterocycles. The van der Waals surface area contributed by atoms with Crippen molar-refractivity contribution in [3.05, 3.63) is 35.4 Å². The Bertz CT molecular complexity index is 406. The van der Waals surface area contributed by atoms with E-state index in [1.807, 2.05) is 0 Å². The van der Waals surface area contributed by atoms with E-state index < -0.39 is 11.6 Å². The highest BCUT2D eigenvalue weighted by atomic mass is 19.1. The Labute approximate surface area is 105 Å². The van der Waals surface area contributed by atoms with Crippen LogP contribution in [-0.4, -0.2) is 32.5 Å². The summed E-state index contributed by atoms with van der Waals surface area (Å²) in [5.74, 6) is -1.09. The molecule has 18 heavy (non-hydrogen) atoms. The molecule has 1 aliphatic heterocycles. The first-order valence-corrected chi connectivity index (χ1v) is 5.93. The SMILES string of the molecule is COC1(CNCc2ccc(F)cc2F)CCOC1. The second-order valence-electron chi connectivity index (χ2n) is 4.53. The second kappa shape index (κ2) is 5.73. The lowest BCUT2D eigenvalue weighted by molar-refractivity contribution is -0.0159. The summed E-state index contributed by atoms with van der Waals surface area (Å²) in [5, 5.41) is 3.13. The van der Waals surface area contributed by atoms with Gasteiger partial charge < -0.3 is 14.8 Å². The van der Waals surface area contributed by atoms with Gasteiger partial charge in [-0.15, -0.1) is 0 Å². The molecule has 0 aromatic heterocycles. The summed E-state index contributed by atoms with van der Waals surface area (Å²) < 4.78 is 36.9. The molecule has 0 radical (unpaired) electrons. The van der Waals surface area contributed by atoms with Gasteiger partial charge in [-0.25, -0.2) is 8.78 Å². The Morgan fingerprint density at radius 3 is 2.89 bits per heavy atom. The Balaban J connectivity index is 1.88. The Morgan fingerprint density at radius 2 is 2.28 bits per heavy atom. The average molecular weight is 257 g/mol. The van der Waals surface area contributed by atoms with E-state index in [1.54, 1.807) is 7.11 Å². The van der Waals surface area contributed by atoms with Crippen LogP contribution >= 0.6 is 0 Å². The van der Waals surface area contributed by atoms with Crippen LogP contribution < -0.4 is 5.32 Å². The number of benzene rings is 1. The molecule has 1 aliphatic rings. The Morgan fingerprint density at radius 1 is 1.44 bits per heavy atom. The largest absolute Gasteiger partial charge is 0.378 e. The van der Waals surface area contributed by atoms with Gasteiger partial charge in [-0.2, -0.15) is 0 Å². The van der Waals surface area contributed by atoms with Crippen molar-refractivity contribution in [1.29, 1.82) is 0 Å². The number of methoxy groups -OCH3 is 1. The number of halogens is 2. The molecule has 3 nitrogen and oxygen atoms in total. The normalized spacial score (nSPS) is 23.5. The molecule has 0 saturated carbocycles. The van der Waals surface area contributed by atoms with Gasteiger partial charge in [-0.1, -0.05) is 6.07 Å². The number of ether oxygens (including phenoxy) is 2. The summed E-state index contributed by atoms with van der Waals surface area (Å²) >= 11 is 0. The monoisotopic (exact) mass is 257 g/mol. The van der Waals surface area contributed by atoms with Crippen LogP contribution in [0.2, 0.25) is 0 Å². The van der Waals surface area contributed by atoms with Crippen molar-refractivity contribution < 1.29 is 18.3 Å². The van der Waals surface area contributed by atoms with Crippen LogP contribution in [0.3, 0.4) is 0 Å². The average Bonchev–Trinajstić information content (AvgIpc) is 2.81. The molecule has 1 unspecified atom stereocenters. The maximum Gasteiger partial charge on any atom is 0.130 e. The topological polar surface area (TPSA) is 30.5 Å².